The Labute approximate surface area is 733 Å². The maximum Gasteiger partial charge on any atom is 4.00 e. The second-order valence-corrected chi connectivity index (χ2v) is 30.9. The molecule has 1 radical (unpaired) electrons. The van der Waals surface area contributed by atoms with Crippen molar-refractivity contribution in [2.45, 2.75) is 146 Å². The minimum absolute atomic E-state index is 0. The SMILES string of the molecule is CCc1c2[n-]c(c1CC)Cc1[n-]c(c(CC)c1CC)Cc1[n-]c(c(CC)c1CC)Cc1[n-]c(c(CC)c1CC)C2.Cc1cc(-c2ccccc2)c2ccc3c(-c4ccccc4)cc(C)nc3c2n1.[Ir].[Pt+4].[c-]1ccccc1-c1ccccn1.c1ccc2c(c1)c1ccccc1n2-c1ccc(-c2ccc(-n3c4ccccc4c4ccccc43)cc2)cc1. The first-order valence-corrected chi connectivity index (χ1v) is 42.5. The van der Waals surface area contributed by atoms with Gasteiger partial charge < -0.3 is 34.1 Å². The van der Waals surface area contributed by atoms with Crippen molar-refractivity contribution in [3.05, 3.63) is 387 Å². The molecule has 120 heavy (non-hydrogen) atoms. The number of nitrogens with zero attached hydrogens (tertiary/aromatic N) is 9. The zero-order chi connectivity index (χ0) is 80.9. The minimum atomic E-state index is 0. The summed E-state index contributed by atoms with van der Waals surface area (Å²) < 4.78 is 4.72. The molecule has 1 aliphatic rings. The first-order valence-electron chi connectivity index (χ1n) is 42.5. The molecule has 0 aliphatic carbocycles. The van der Waals surface area contributed by atoms with Crippen molar-refractivity contribution in [3.8, 4) is 56.0 Å². The smallest absolute Gasteiger partial charge is 0.664 e. The molecule has 0 saturated heterocycles. The van der Waals surface area contributed by atoms with Gasteiger partial charge in [0.2, 0.25) is 0 Å². The van der Waals surface area contributed by atoms with E-state index in [2.05, 4.69) is 308 Å². The summed E-state index contributed by atoms with van der Waals surface area (Å²) in [6, 6.07) is 99.0. The largest absolute Gasteiger partial charge is 4.00 e. The van der Waals surface area contributed by atoms with E-state index >= 15 is 0 Å². The summed E-state index contributed by atoms with van der Waals surface area (Å²) in [6.45, 7) is 22.4. The van der Waals surface area contributed by atoms with Crippen molar-refractivity contribution in [1.29, 1.82) is 0 Å². The summed E-state index contributed by atoms with van der Waals surface area (Å²) in [7, 11) is 0. The maximum atomic E-state index is 5.38. The van der Waals surface area contributed by atoms with Crippen LogP contribution < -0.4 is 19.9 Å². The van der Waals surface area contributed by atoms with E-state index in [0.717, 1.165) is 122 Å². The van der Waals surface area contributed by atoms with Gasteiger partial charge in [0.1, 0.15) is 0 Å². The molecule has 1 aliphatic heterocycles. The fourth-order valence-electron chi connectivity index (χ4n) is 18.8. The Morgan fingerprint density at radius 1 is 0.300 bits per heavy atom. The predicted octanol–water partition coefficient (Wildman–Crippen LogP) is 25.5. The van der Waals surface area contributed by atoms with Gasteiger partial charge in [0.05, 0.1) is 33.1 Å². The Bertz CT molecular complexity index is 6050. The second kappa shape index (κ2) is 37.3. The molecule has 8 bridgehead atoms. The van der Waals surface area contributed by atoms with Gasteiger partial charge in [-0.05, 0) is 197 Å². The fourth-order valence-corrected chi connectivity index (χ4v) is 18.8. The predicted molar refractivity (Wildman–Crippen MR) is 492 cm³/mol. The molecule has 0 fully saturated rings. The van der Waals surface area contributed by atoms with Gasteiger partial charge in [-0.1, -0.05) is 282 Å². The van der Waals surface area contributed by atoms with Gasteiger partial charge in [-0.15, -0.1) is 35.9 Å². The van der Waals surface area contributed by atoms with E-state index in [-0.39, 0.29) is 41.2 Å². The summed E-state index contributed by atoms with van der Waals surface area (Å²) >= 11 is 0. The summed E-state index contributed by atoms with van der Waals surface area (Å²) in [6.07, 6.45) is 13.2. The van der Waals surface area contributed by atoms with Crippen LogP contribution in [0.15, 0.2) is 279 Å². The standard InChI is InChI=1S/C36H48N4.C36H24N2.C26H20N2.C11H8N.Ir.Pt/c1-9-21-22(10-2)30-18-32-25(13-5)26(14-6)34(39-32)20-36-28(16-8)27(15-7)35(40-36)19-33-24(12-4)23(11-3)31(38-33)17-29(21)37-30;1-5-13-33-29(9-1)30-10-2-6-14-34(30)37(33)27-21-17-25(18-22-27)26-19-23-28(24-20-26)38-35-15-7-3-11-31(35)32-12-4-8-16-36(32)38;1-17-15-23(19-9-5-3-6-10-19)21-13-14-22-24(20-11-7-4-8-12-20)16-18(2)28-26(22)25(21)27-17;1-2-6-10(7-3-1)11-8-4-5-9-12-11;;/h9-20H2,1-8H3;1-24H;3-16H,1-2H3;1-6,8-9H;;/q-4;;;-1;;+4. The van der Waals surface area contributed by atoms with Gasteiger partial charge in [0.25, 0.3) is 0 Å². The molecule has 0 amide bonds. The zero-order valence-electron chi connectivity index (χ0n) is 70.2. The van der Waals surface area contributed by atoms with E-state index < -0.39 is 0 Å². The van der Waals surface area contributed by atoms with Crippen LogP contribution >= 0.6 is 0 Å². The Hall–Kier alpha value is -11.8. The quantitative estimate of drug-likeness (QED) is 0.0789. The van der Waals surface area contributed by atoms with Crippen molar-refractivity contribution in [2.75, 3.05) is 0 Å². The van der Waals surface area contributed by atoms with Gasteiger partial charge in [-0.3, -0.25) is 9.97 Å². The zero-order valence-corrected chi connectivity index (χ0v) is 74.9. The van der Waals surface area contributed by atoms with Crippen molar-refractivity contribution >= 4 is 65.4 Å². The monoisotopic (exact) mass is 1920 g/mol. The molecule has 20 rings (SSSR count). The van der Waals surface area contributed by atoms with Crippen LogP contribution in [-0.2, 0) is 118 Å². The number of fused-ring (bicyclic) bond motifs is 17. The number of benzene rings is 10. The van der Waals surface area contributed by atoms with E-state index in [1.165, 1.54) is 178 Å². The number of para-hydroxylation sites is 4. The van der Waals surface area contributed by atoms with Crippen molar-refractivity contribution in [1.82, 2.24) is 44.0 Å². The van der Waals surface area contributed by atoms with Crippen LogP contribution in [0.5, 0.6) is 0 Å². The van der Waals surface area contributed by atoms with Gasteiger partial charge >= 0.3 is 21.1 Å². The molecule has 0 saturated carbocycles. The molecule has 9 aromatic heterocycles. The van der Waals surface area contributed by atoms with Crippen LogP contribution in [0.25, 0.3) is 121 Å². The number of rotatable bonds is 14. The van der Waals surface area contributed by atoms with Gasteiger partial charge in [-0.25, -0.2) is 0 Å². The van der Waals surface area contributed by atoms with Crippen LogP contribution in [0.2, 0.25) is 0 Å². The third kappa shape index (κ3) is 16.2. The van der Waals surface area contributed by atoms with Crippen molar-refractivity contribution in [2.24, 2.45) is 0 Å². The van der Waals surface area contributed by atoms with Crippen LogP contribution in [-0.4, -0.2) is 24.1 Å². The van der Waals surface area contributed by atoms with E-state index in [0.29, 0.717) is 0 Å². The molecule has 0 atom stereocenters. The van der Waals surface area contributed by atoms with Gasteiger partial charge in [0.15, 0.2) is 0 Å². The summed E-state index contributed by atoms with van der Waals surface area (Å²) in [5.74, 6) is 0. The first kappa shape index (κ1) is 83.3. The molecular weight excluding hydrogens is 1820 g/mol. The van der Waals surface area contributed by atoms with E-state index in [1.54, 1.807) is 6.20 Å². The van der Waals surface area contributed by atoms with Crippen molar-refractivity contribution in [3.63, 3.8) is 0 Å². The van der Waals surface area contributed by atoms with Gasteiger partial charge in [-0.2, -0.15) is 45.6 Å². The van der Waals surface area contributed by atoms with Crippen molar-refractivity contribution < 1.29 is 41.2 Å². The van der Waals surface area contributed by atoms with Gasteiger partial charge in [0, 0.05) is 81.4 Å². The number of hydrogen-bond donors (Lipinski definition) is 0. The number of pyridine rings is 3. The second-order valence-electron chi connectivity index (χ2n) is 30.9. The number of hydrogen-bond acceptors (Lipinski definition) is 3. The average molecular weight is 1920 g/mol. The molecule has 10 heterocycles. The van der Waals surface area contributed by atoms with Crippen LogP contribution in [0, 0.1) is 19.9 Å². The third-order valence-corrected chi connectivity index (χ3v) is 24.1. The van der Waals surface area contributed by atoms with E-state index in [4.69, 9.17) is 29.9 Å². The molecule has 0 N–H and O–H groups in total. The molecule has 0 spiro atoms. The average Bonchev–Trinajstić information content (AvgIpc) is 1.52. The topological polar surface area (TPSA) is 105 Å². The van der Waals surface area contributed by atoms with E-state index in [9.17, 15) is 0 Å². The minimum Gasteiger partial charge on any atom is -0.664 e. The maximum absolute atomic E-state index is 5.38. The summed E-state index contributed by atoms with van der Waals surface area (Å²) in [5, 5.41) is 7.42. The number of aryl methyl sites for hydroxylation is 2. The fraction of sp³-hybridized carbons (Fsp3) is 0.202. The molecule has 601 valence electrons. The molecule has 9 nitrogen and oxygen atoms in total. The van der Waals surface area contributed by atoms with E-state index in [1.807, 2.05) is 54.6 Å². The molecular formula is C109H100IrN9Pt-. The summed E-state index contributed by atoms with van der Waals surface area (Å²) in [4.78, 5) is 35.6. The Morgan fingerprint density at radius 3 is 0.875 bits per heavy atom. The third-order valence-electron chi connectivity index (χ3n) is 24.1. The van der Waals surface area contributed by atoms with Crippen LogP contribution in [0.1, 0.15) is 157 Å². The number of aromatic nitrogens is 9. The Balaban J connectivity index is 0.000000131. The first-order chi connectivity index (χ1) is 58.0. The molecule has 19 aromatic rings. The normalized spacial score (nSPS) is 11.8. The Kier molecular flexibility index (Phi) is 25.9. The van der Waals surface area contributed by atoms with Crippen LogP contribution in [0.4, 0.5) is 0 Å². The Morgan fingerprint density at radius 2 is 0.592 bits per heavy atom. The molecule has 11 heteroatoms. The summed E-state index contributed by atoms with van der Waals surface area (Å²) in [5.41, 5.74) is 41.9. The van der Waals surface area contributed by atoms with Crippen LogP contribution in [0.3, 0.4) is 0 Å². The molecule has 10 aromatic carbocycles. The molecule has 0 unspecified atom stereocenters.